The Hall–Kier alpha value is -1.79. The standard InChI is InChI=1S/C11H11FO5/c12-8-2-1-6(5-13)3-7(8)11(17)9(14)4-10(15)16/h1-3,5,9,11,14,17H,4H2,(H,15,16). The van der Waals surface area contributed by atoms with Crippen LogP contribution in [0.2, 0.25) is 0 Å². The topological polar surface area (TPSA) is 94.8 Å². The summed E-state index contributed by atoms with van der Waals surface area (Å²) >= 11 is 0. The van der Waals surface area contributed by atoms with Gasteiger partial charge in [0.05, 0.1) is 12.5 Å². The van der Waals surface area contributed by atoms with Crippen molar-refractivity contribution < 1.29 is 29.3 Å². The van der Waals surface area contributed by atoms with Gasteiger partial charge in [0.2, 0.25) is 0 Å². The predicted octanol–water partition coefficient (Wildman–Crippen LogP) is 0.507. The van der Waals surface area contributed by atoms with Crippen molar-refractivity contribution in [2.24, 2.45) is 0 Å². The van der Waals surface area contributed by atoms with E-state index in [9.17, 15) is 24.2 Å². The minimum absolute atomic E-state index is 0.128. The van der Waals surface area contributed by atoms with Crippen molar-refractivity contribution >= 4 is 12.3 Å². The van der Waals surface area contributed by atoms with Crippen LogP contribution in [0.1, 0.15) is 28.4 Å². The highest BCUT2D eigenvalue weighted by Gasteiger charge is 2.24. The molecule has 6 heteroatoms. The van der Waals surface area contributed by atoms with Crippen molar-refractivity contribution in [2.75, 3.05) is 0 Å². The number of aliphatic hydroxyl groups is 2. The van der Waals surface area contributed by atoms with Crippen molar-refractivity contribution in [1.29, 1.82) is 0 Å². The van der Waals surface area contributed by atoms with Crippen LogP contribution in [0.25, 0.3) is 0 Å². The molecule has 2 atom stereocenters. The van der Waals surface area contributed by atoms with Gasteiger partial charge in [-0.05, 0) is 18.2 Å². The van der Waals surface area contributed by atoms with Crippen LogP contribution in [0, 0.1) is 5.82 Å². The van der Waals surface area contributed by atoms with Crippen LogP contribution in [0.5, 0.6) is 0 Å². The maximum Gasteiger partial charge on any atom is 0.306 e. The molecule has 0 aromatic heterocycles. The molecule has 0 saturated heterocycles. The third-order valence-electron chi connectivity index (χ3n) is 2.22. The molecule has 0 heterocycles. The fourth-order valence-electron chi connectivity index (χ4n) is 1.36. The van der Waals surface area contributed by atoms with E-state index in [0.717, 1.165) is 12.1 Å². The van der Waals surface area contributed by atoms with E-state index in [0.29, 0.717) is 6.29 Å². The van der Waals surface area contributed by atoms with Gasteiger partial charge in [0.25, 0.3) is 0 Å². The van der Waals surface area contributed by atoms with Crippen LogP contribution in [0.3, 0.4) is 0 Å². The molecule has 0 amide bonds. The molecule has 0 bridgehead atoms. The fraction of sp³-hybridized carbons (Fsp3) is 0.273. The minimum Gasteiger partial charge on any atom is -0.481 e. The monoisotopic (exact) mass is 242 g/mol. The van der Waals surface area contributed by atoms with E-state index < -0.39 is 30.4 Å². The summed E-state index contributed by atoms with van der Waals surface area (Å²) in [4.78, 5) is 20.8. The van der Waals surface area contributed by atoms with Crippen LogP contribution in [0.15, 0.2) is 18.2 Å². The average Bonchev–Trinajstić information content (AvgIpc) is 2.28. The number of rotatable bonds is 5. The number of aliphatic hydroxyl groups excluding tert-OH is 2. The first-order valence-corrected chi connectivity index (χ1v) is 4.78. The van der Waals surface area contributed by atoms with Crippen molar-refractivity contribution in [3.63, 3.8) is 0 Å². The van der Waals surface area contributed by atoms with Gasteiger partial charge in [-0.15, -0.1) is 0 Å². The highest BCUT2D eigenvalue weighted by atomic mass is 19.1. The quantitative estimate of drug-likeness (QED) is 0.654. The molecule has 0 aliphatic heterocycles. The van der Waals surface area contributed by atoms with Crippen molar-refractivity contribution in [3.8, 4) is 0 Å². The summed E-state index contributed by atoms with van der Waals surface area (Å²) in [5.41, 5.74) is -0.175. The number of hydrogen-bond acceptors (Lipinski definition) is 4. The zero-order chi connectivity index (χ0) is 13.0. The van der Waals surface area contributed by atoms with Gasteiger partial charge in [-0.25, -0.2) is 4.39 Å². The number of carbonyl (C=O) groups excluding carboxylic acids is 1. The van der Waals surface area contributed by atoms with E-state index >= 15 is 0 Å². The second-order valence-corrected chi connectivity index (χ2v) is 3.51. The number of aldehydes is 1. The second kappa shape index (κ2) is 5.51. The molecule has 5 nitrogen and oxygen atoms in total. The first-order valence-electron chi connectivity index (χ1n) is 4.78. The first kappa shape index (κ1) is 13.3. The minimum atomic E-state index is -1.69. The zero-order valence-electron chi connectivity index (χ0n) is 8.71. The first-order chi connectivity index (χ1) is 7.95. The highest BCUT2D eigenvalue weighted by Crippen LogP contribution is 2.22. The van der Waals surface area contributed by atoms with E-state index in [-0.39, 0.29) is 11.1 Å². The number of halogens is 1. The lowest BCUT2D eigenvalue weighted by molar-refractivity contribution is -0.141. The Kier molecular flexibility index (Phi) is 4.30. The Bertz CT molecular complexity index is 432. The summed E-state index contributed by atoms with van der Waals surface area (Å²) < 4.78 is 13.3. The second-order valence-electron chi connectivity index (χ2n) is 3.51. The van der Waals surface area contributed by atoms with Crippen LogP contribution < -0.4 is 0 Å². The van der Waals surface area contributed by atoms with Gasteiger partial charge >= 0.3 is 5.97 Å². The van der Waals surface area contributed by atoms with Gasteiger partial charge in [0.15, 0.2) is 0 Å². The van der Waals surface area contributed by atoms with Crippen LogP contribution in [-0.4, -0.2) is 33.7 Å². The molecule has 2 unspecified atom stereocenters. The third-order valence-corrected chi connectivity index (χ3v) is 2.22. The molecule has 3 N–H and O–H groups in total. The third kappa shape index (κ3) is 3.33. The van der Waals surface area contributed by atoms with Gasteiger partial charge in [-0.2, -0.15) is 0 Å². The maximum absolute atomic E-state index is 13.3. The summed E-state index contributed by atoms with van der Waals surface area (Å²) in [6.45, 7) is 0. The molecule has 0 radical (unpaired) electrons. The lowest BCUT2D eigenvalue weighted by atomic mass is 10.00. The number of carbonyl (C=O) groups is 2. The number of benzene rings is 1. The van der Waals surface area contributed by atoms with Crippen molar-refractivity contribution in [2.45, 2.75) is 18.6 Å². The van der Waals surface area contributed by atoms with E-state index in [1.54, 1.807) is 0 Å². The Morgan fingerprint density at radius 2 is 2.06 bits per heavy atom. The number of carboxylic acids is 1. The SMILES string of the molecule is O=Cc1ccc(F)c(C(O)C(O)CC(=O)O)c1. The molecule has 1 rings (SSSR count). The number of aliphatic carboxylic acids is 1. The number of hydrogen-bond donors (Lipinski definition) is 3. The molecule has 0 aliphatic rings. The van der Waals surface area contributed by atoms with E-state index in [1.807, 2.05) is 0 Å². The largest absolute Gasteiger partial charge is 0.481 e. The predicted molar refractivity (Wildman–Crippen MR) is 55.0 cm³/mol. The van der Waals surface area contributed by atoms with E-state index in [2.05, 4.69) is 0 Å². The molecular weight excluding hydrogens is 231 g/mol. The van der Waals surface area contributed by atoms with Crippen molar-refractivity contribution in [1.82, 2.24) is 0 Å². The normalized spacial score (nSPS) is 14.1. The average molecular weight is 242 g/mol. The van der Waals surface area contributed by atoms with Gasteiger partial charge in [-0.3, -0.25) is 9.59 Å². The Morgan fingerprint density at radius 1 is 1.41 bits per heavy atom. The highest BCUT2D eigenvalue weighted by molar-refractivity contribution is 5.75. The fourth-order valence-corrected chi connectivity index (χ4v) is 1.36. The maximum atomic E-state index is 13.3. The summed E-state index contributed by atoms with van der Waals surface area (Å²) in [6.07, 6.45) is -3.58. The summed E-state index contributed by atoms with van der Waals surface area (Å²) in [5, 5.41) is 27.3. The lowest BCUT2D eigenvalue weighted by Gasteiger charge is -2.17. The van der Waals surface area contributed by atoms with E-state index in [4.69, 9.17) is 5.11 Å². The Morgan fingerprint density at radius 3 is 2.59 bits per heavy atom. The molecule has 0 spiro atoms. The molecule has 1 aromatic rings. The Labute approximate surface area is 96.1 Å². The smallest absolute Gasteiger partial charge is 0.306 e. The molecule has 17 heavy (non-hydrogen) atoms. The molecular formula is C11H11FO5. The Balaban J connectivity index is 2.97. The zero-order valence-corrected chi connectivity index (χ0v) is 8.71. The molecule has 0 saturated carbocycles. The molecule has 0 fully saturated rings. The summed E-state index contributed by atoms with van der Waals surface area (Å²) in [5.74, 6) is -2.13. The van der Waals surface area contributed by atoms with Gasteiger partial charge in [0.1, 0.15) is 18.2 Å². The summed E-state index contributed by atoms with van der Waals surface area (Å²) in [7, 11) is 0. The molecule has 92 valence electrons. The van der Waals surface area contributed by atoms with E-state index in [1.165, 1.54) is 6.07 Å². The van der Waals surface area contributed by atoms with Gasteiger partial charge in [-0.1, -0.05) is 0 Å². The number of carboxylic acid groups (broad SMARTS) is 1. The van der Waals surface area contributed by atoms with Crippen molar-refractivity contribution in [3.05, 3.63) is 35.1 Å². The summed E-state index contributed by atoms with van der Waals surface area (Å²) in [6, 6.07) is 3.25. The van der Waals surface area contributed by atoms with Crippen LogP contribution in [-0.2, 0) is 4.79 Å². The van der Waals surface area contributed by atoms with Gasteiger partial charge < -0.3 is 15.3 Å². The lowest BCUT2D eigenvalue weighted by Crippen LogP contribution is -2.22. The van der Waals surface area contributed by atoms with Gasteiger partial charge in [0, 0.05) is 11.1 Å². The molecule has 0 aliphatic carbocycles. The van der Waals surface area contributed by atoms with Crippen LogP contribution >= 0.6 is 0 Å². The van der Waals surface area contributed by atoms with Crippen LogP contribution in [0.4, 0.5) is 4.39 Å². The molecule has 1 aromatic carbocycles.